The van der Waals surface area contributed by atoms with E-state index in [4.69, 9.17) is 4.74 Å². The normalized spacial score (nSPS) is 11.3. The Morgan fingerprint density at radius 2 is 1.80 bits per heavy atom. The fraction of sp³-hybridized carbons (Fsp3) is 0.353. The number of rotatable bonds is 6. The van der Waals surface area contributed by atoms with Crippen molar-refractivity contribution < 1.29 is 14.6 Å². The van der Waals surface area contributed by atoms with Crippen LogP contribution in [0.2, 0.25) is 0 Å². The van der Waals surface area contributed by atoms with Crippen LogP contribution in [0.25, 0.3) is 6.08 Å². The molecule has 0 fully saturated rings. The molecule has 0 aliphatic rings. The molecule has 0 atom stereocenters. The maximum absolute atomic E-state index is 11.1. The van der Waals surface area contributed by atoms with Gasteiger partial charge in [0.1, 0.15) is 5.75 Å². The summed E-state index contributed by atoms with van der Waals surface area (Å²) in [5.41, 5.74) is 2.84. The lowest BCUT2D eigenvalue weighted by atomic mass is 10.1. The van der Waals surface area contributed by atoms with Crippen LogP contribution in [-0.4, -0.2) is 17.7 Å². The number of phenols is 1. The third-order valence-corrected chi connectivity index (χ3v) is 2.86. The second-order valence-electron chi connectivity index (χ2n) is 4.64. The second-order valence-corrected chi connectivity index (χ2v) is 4.64. The molecule has 20 heavy (non-hydrogen) atoms. The zero-order valence-corrected chi connectivity index (χ0v) is 12.3. The lowest BCUT2D eigenvalue weighted by Crippen LogP contribution is -1.98. The van der Waals surface area contributed by atoms with E-state index < -0.39 is 0 Å². The topological polar surface area (TPSA) is 46.5 Å². The highest BCUT2D eigenvalue weighted by molar-refractivity contribution is 5.81. The van der Waals surface area contributed by atoms with Gasteiger partial charge < -0.3 is 9.84 Å². The zero-order chi connectivity index (χ0) is 15.0. The van der Waals surface area contributed by atoms with Crippen LogP contribution < -0.4 is 0 Å². The Labute approximate surface area is 120 Å². The summed E-state index contributed by atoms with van der Waals surface area (Å²) in [5.74, 6) is 0.0702. The molecule has 0 saturated carbocycles. The highest BCUT2D eigenvalue weighted by Gasteiger charge is 2.00. The lowest BCUT2D eigenvalue weighted by molar-refractivity contribution is -0.137. The van der Waals surface area contributed by atoms with Crippen LogP contribution in [0.4, 0.5) is 0 Å². The summed E-state index contributed by atoms with van der Waals surface area (Å²) in [7, 11) is 0. The molecule has 0 radical (unpaired) electrons. The Balaban J connectivity index is 2.44. The van der Waals surface area contributed by atoms with Gasteiger partial charge >= 0.3 is 5.97 Å². The molecule has 1 aromatic carbocycles. The number of carbonyl (C=O) groups is 1. The van der Waals surface area contributed by atoms with Gasteiger partial charge in [-0.2, -0.15) is 0 Å². The number of carbonyl (C=O) groups excluding carboxylic acids is 1. The van der Waals surface area contributed by atoms with Crippen molar-refractivity contribution in [2.45, 2.75) is 33.6 Å². The number of aryl methyl sites for hydroxylation is 2. The first kappa shape index (κ1) is 16.0. The molecular formula is C17H22O3. The van der Waals surface area contributed by atoms with Gasteiger partial charge in [0.15, 0.2) is 0 Å². The molecule has 0 amide bonds. The van der Waals surface area contributed by atoms with Crippen molar-refractivity contribution in [1.82, 2.24) is 0 Å². The van der Waals surface area contributed by atoms with E-state index in [-0.39, 0.29) is 5.97 Å². The Hall–Kier alpha value is -2.03. The predicted octanol–water partition coefficient (Wildman–Crippen LogP) is 3.92. The van der Waals surface area contributed by atoms with E-state index >= 15 is 0 Å². The Bertz CT molecular complexity index is 490. The highest BCUT2D eigenvalue weighted by atomic mass is 16.5. The smallest absolute Gasteiger partial charge is 0.330 e. The third-order valence-electron chi connectivity index (χ3n) is 2.86. The maximum atomic E-state index is 11.1. The van der Waals surface area contributed by atoms with E-state index in [2.05, 4.69) is 6.08 Å². The largest absolute Gasteiger partial charge is 0.507 e. The van der Waals surface area contributed by atoms with Crippen molar-refractivity contribution >= 4 is 12.0 Å². The van der Waals surface area contributed by atoms with Gasteiger partial charge in [-0.1, -0.05) is 18.2 Å². The molecule has 3 heteroatoms. The summed E-state index contributed by atoms with van der Waals surface area (Å²) in [5, 5.41) is 9.69. The van der Waals surface area contributed by atoms with Gasteiger partial charge in [0.2, 0.25) is 0 Å². The van der Waals surface area contributed by atoms with Crippen LogP contribution in [-0.2, 0) is 9.53 Å². The molecule has 0 bridgehead atoms. The fourth-order valence-corrected chi connectivity index (χ4v) is 1.87. The summed E-state index contributed by atoms with van der Waals surface area (Å²) < 4.78 is 4.79. The SMILES string of the molecule is CCOC(=O)/C=C/CC/C=C/c1cc(C)c(O)c(C)c1. The first-order chi connectivity index (χ1) is 9.54. The van der Waals surface area contributed by atoms with Crippen LogP contribution in [0, 0.1) is 13.8 Å². The summed E-state index contributed by atoms with van der Waals surface area (Å²) in [6.07, 6.45) is 9.01. The van der Waals surface area contributed by atoms with Crippen LogP contribution in [0.15, 0.2) is 30.4 Å². The Kier molecular flexibility index (Phi) is 6.57. The summed E-state index contributed by atoms with van der Waals surface area (Å²) in [4.78, 5) is 11.1. The van der Waals surface area contributed by atoms with E-state index in [1.54, 1.807) is 6.92 Å². The maximum Gasteiger partial charge on any atom is 0.330 e. The molecule has 0 aliphatic carbocycles. The minimum atomic E-state index is -0.290. The predicted molar refractivity (Wildman–Crippen MR) is 81.6 cm³/mol. The molecule has 0 heterocycles. The average molecular weight is 274 g/mol. The molecule has 1 N–H and O–H groups in total. The first-order valence-electron chi connectivity index (χ1n) is 6.84. The van der Waals surface area contributed by atoms with Crippen molar-refractivity contribution in [3.63, 3.8) is 0 Å². The van der Waals surface area contributed by atoms with Crippen LogP contribution in [0.5, 0.6) is 5.75 Å². The number of phenolic OH excluding ortho intramolecular Hbond substituents is 1. The van der Waals surface area contributed by atoms with Crippen LogP contribution in [0.3, 0.4) is 0 Å². The second kappa shape index (κ2) is 8.20. The summed E-state index contributed by atoms with van der Waals surface area (Å²) in [6, 6.07) is 3.90. The van der Waals surface area contributed by atoms with Gasteiger partial charge in [-0.3, -0.25) is 0 Å². The molecule has 108 valence electrons. The number of benzene rings is 1. The molecule has 1 aromatic rings. The lowest BCUT2D eigenvalue weighted by Gasteiger charge is -2.04. The van der Waals surface area contributed by atoms with Crippen molar-refractivity contribution in [2.24, 2.45) is 0 Å². The van der Waals surface area contributed by atoms with Crippen molar-refractivity contribution in [3.8, 4) is 5.75 Å². The Morgan fingerprint density at radius 3 is 2.40 bits per heavy atom. The number of aromatic hydroxyl groups is 1. The van der Waals surface area contributed by atoms with Crippen molar-refractivity contribution in [1.29, 1.82) is 0 Å². The van der Waals surface area contributed by atoms with E-state index in [0.717, 1.165) is 29.5 Å². The zero-order valence-electron chi connectivity index (χ0n) is 12.3. The van der Waals surface area contributed by atoms with Gasteiger partial charge in [0, 0.05) is 6.08 Å². The minimum absolute atomic E-state index is 0.290. The van der Waals surface area contributed by atoms with Crippen LogP contribution in [0.1, 0.15) is 36.5 Å². The van der Waals surface area contributed by atoms with Gasteiger partial charge in [0.05, 0.1) is 6.61 Å². The van der Waals surface area contributed by atoms with Crippen LogP contribution >= 0.6 is 0 Å². The van der Waals surface area contributed by atoms with E-state index in [0.29, 0.717) is 12.4 Å². The number of allylic oxidation sites excluding steroid dienone is 2. The third kappa shape index (κ3) is 5.31. The number of hydrogen-bond donors (Lipinski definition) is 1. The number of unbranched alkanes of at least 4 members (excludes halogenated alkanes) is 1. The monoisotopic (exact) mass is 274 g/mol. The molecule has 0 unspecified atom stereocenters. The van der Waals surface area contributed by atoms with E-state index in [1.165, 1.54) is 6.08 Å². The highest BCUT2D eigenvalue weighted by Crippen LogP contribution is 2.23. The van der Waals surface area contributed by atoms with Gasteiger partial charge in [-0.15, -0.1) is 0 Å². The first-order valence-corrected chi connectivity index (χ1v) is 6.84. The van der Waals surface area contributed by atoms with Gasteiger partial charge in [-0.25, -0.2) is 4.79 Å². The molecule has 0 aliphatic heterocycles. The molecule has 1 rings (SSSR count). The summed E-state index contributed by atoms with van der Waals surface area (Å²) in [6.45, 7) is 5.97. The van der Waals surface area contributed by atoms with Gasteiger partial charge in [0.25, 0.3) is 0 Å². The molecular weight excluding hydrogens is 252 g/mol. The molecule has 0 saturated heterocycles. The molecule has 3 nitrogen and oxygen atoms in total. The average Bonchev–Trinajstić information content (AvgIpc) is 2.40. The van der Waals surface area contributed by atoms with Gasteiger partial charge in [-0.05, 0) is 62.4 Å². The fourth-order valence-electron chi connectivity index (χ4n) is 1.87. The quantitative estimate of drug-likeness (QED) is 0.486. The van der Waals surface area contributed by atoms with Crippen molar-refractivity contribution in [2.75, 3.05) is 6.61 Å². The number of hydrogen-bond acceptors (Lipinski definition) is 3. The Morgan fingerprint density at radius 1 is 1.20 bits per heavy atom. The number of esters is 1. The summed E-state index contributed by atoms with van der Waals surface area (Å²) >= 11 is 0. The number of ether oxygens (including phenoxy) is 1. The van der Waals surface area contributed by atoms with Crippen molar-refractivity contribution in [3.05, 3.63) is 47.1 Å². The van der Waals surface area contributed by atoms with E-state index in [1.807, 2.05) is 38.1 Å². The van der Waals surface area contributed by atoms with E-state index in [9.17, 15) is 9.90 Å². The molecule has 0 aromatic heterocycles. The minimum Gasteiger partial charge on any atom is -0.507 e. The molecule has 0 spiro atoms. The standard InChI is InChI=1S/C17H22O3/c1-4-20-16(18)10-8-6-5-7-9-15-11-13(2)17(19)14(3)12-15/h7-12,19H,4-6H2,1-3H3/b9-7+,10-8+.